The molecule has 0 amide bonds. The molecule has 21 heavy (non-hydrogen) atoms. The number of hydrogen-bond donors (Lipinski definition) is 1. The summed E-state index contributed by atoms with van der Waals surface area (Å²) in [4.78, 5) is 0. The molecule has 0 aliphatic carbocycles. The van der Waals surface area contributed by atoms with Crippen LogP contribution in [0.2, 0.25) is 0 Å². The van der Waals surface area contributed by atoms with E-state index in [4.69, 9.17) is 9.47 Å². The van der Waals surface area contributed by atoms with E-state index in [2.05, 4.69) is 6.92 Å². The molecule has 3 nitrogen and oxygen atoms in total. The van der Waals surface area contributed by atoms with Crippen LogP contribution in [0.1, 0.15) is 29.7 Å². The Kier molecular flexibility index (Phi) is 5.23. The Balaban J connectivity index is 1.98. The summed E-state index contributed by atoms with van der Waals surface area (Å²) in [5, 5.41) is 10.2. The van der Waals surface area contributed by atoms with Crippen molar-refractivity contribution in [2.24, 2.45) is 0 Å². The number of aliphatic hydroxyl groups is 1. The van der Waals surface area contributed by atoms with E-state index in [0.29, 0.717) is 12.4 Å². The van der Waals surface area contributed by atoms with Crippen molar-refractivity contribution < 1.29 is 14.6 Å². The van der Waals surface area contributed by atoms with Crippen molar-refractivity contribution >= 4 is 0 Å². The molecule has 2 rings (SSSR count). The van der Waals surface area contributed by atoms with E-state index in [9.17, 15) is 5.11 Å². The van der Waals surface area contributed by atoms with Gasteiger partial charge in [-0.1, -0.05) is 24.3 Å². The third kappa shape index (κ3) is 4.23. The highest BCUT2D eigenvalue weighted by Crippen LogP contribution is 2.22. The maximum absolute atomic E-state index is 10.2. The van der Waals surface area contributed by atoms with E-state index in [1.165, 1.54) is 11.1 Å². The highest BCUT2D eigenvalue weighted by molar-refractivity contribution is 5.34. The average molecular weight is 286 g/mol. The Morgan fingerprint density at radius 2 is 1.67 bits per heavy atom. The first-order valence-corrected chi connectivity index (χ1v) is 7.21. The van der Waals surface area contributed by atoms with Crippen molar-refractivity contribution in [3.05, 3.63) is 59.2 Å². The van der Waals surface area contributed by atoms with Gasteiger partial charge in [0.05, 0.1) is 6.61 Å². The maximum Gasteiger partial charge on any atom is 0.123 e. The zero-order chi connectivity index (χ0) is 15.2. The Morgan fingerprint density at radius 3 is 2.33 bits per heavy atom. The van der Waals surface area contributed by atoms with Crippen LogP contribution in [0.3, 0.4) is 0 Å². The normalized spacial score (nSPS) is 12.0. The molecule has 1 atom stereocenters. The SMILES string of the molecule is CCOc1cccc(OCC(O)c2ccc(C)c(C)c2)c1. The van der Waals surface area contributed by atoms with Gasteiger partial charge < -0.3 is 14.6 Å². The standard InChI is InChI=1S/C18H22O3/c1-4-20-16-6-5-7-17(11-16)21-12-18(19)15-9-8-13(2)14(3)10-15/h5-11,18-19H,4,12H2,1-3H3. The van der Waals surface area contributed by atoms with Crippen LogP contribution >= 0.6 is 0 Å². The van der Waals surface area contributed by atoms with E-state index in [0.717, 1.165) is 11.3 Å². The lowest BCUT2D eigenvalue weighted by molar-refractivity contribution is 0.108. The second-order valence-corrected chi connectivity index (χ2v) is 5.08. The number of ether oxygens (including phenoxy) is 2. The van der Waals surface area contributed by atoms with Crippen LogP contribution in [0.4, 0.5) is 0 Å². The number of benzene rings is 2. The summed E-state index contributed by atoms with van der Waals surface area (Å²) in [5.41, 5.74) is 3.26. The van der Waals surface area contributed by atoms with Gasteiger partial charge in [-0.2, -0.15) is 0 Å². The molecule has 0 saturated heterocycles. The second-order valence-electron chi connectivity index (χ2n) is 5.08. The molecule has 0 heterocycles. The molecule has 0 aromatic heterocycles. The second kappa shape index (κ2) is 7.14. The Labute approximate surface area is 126 Å². The van der Waals surface area contributed by atoms with Gasteiger partial charge >= 0.3 is 0 Å². The van der Waals surface area contributed by atoms with E-state index >= 15 is 0 Å². The van der Waals surface area contributed by atoms with Gasteiger partial charge in [-0.3, -0.25) is 0 Å². The predicted octanol–water partition coefficient (Wildman–Crippen LogP) is 3.81. The minimum Gasteiger partial charge on any atom is -0.494 e. The van der Waals surface area contributed by atoms with Crippen LogP contribution in [0.25, 0.3) is 0 Å². The van der Waals surface area contributed by atoms with Gasteiger partial charge in [-0.15, -0.1) is 0 Å². The molecule has 0 aliphatic rings. The molecule has 0 fully saturated rings. The zero-order valence-electron chi connectivity index (χ0n) is 12.8. The predicted molar refractivity (Wildman–Crippen MR) is 84.0 cm³/mol. The molecule has 1 N–H and O–H groups in total. The van der Waals surface area contributed by atoms with Crippen molar-refractivity contribution in [2.45, 2.75) is 26.9 Å². The molecular weight excluding hydrogens is 264 g/mol. The number of aliphatic hydroxyl groups excluding tert-OH is 1. The largest absolute Gasteiger partial charge is 0.494 e. The van der Waals surface area contributed by atoms with Gasteiger partial charge in [-0.05, 0) is 49.6 Å². The molecule has 0 radical (unpaired) electrons. The highest BCUT2D eigenvalue weighted by Gasteiger charge is 2.09. The Morgan fingerprint density at radius 1 is 0.952 bits per heavy atom. The first-order chi connectivity index (χ1) is 10.1. The fourth-order valence-electron chi connectivity index (χ4n) is 2.06. The first kappa shape index (κ1) is 15.4. The van der Waals surface area contributed by atoms with Crippen molar-refractivity contribution in [3.8, 4) is 11.5 Å². The van der Waals surface area contributed by atoms with E-state index in [-0.39, 0.29) is 6.61 Å². The first-order valence-electron chi connectivity index (χ1n) is 7.21. The molecule has 3 heteroatoms. The summed E-state index contributed by atoms with van der Waals surface area (Å²) in [5.74, 6) is 1.47. The summed E-state index contributed by atoms with van der Waals surface area (Å²) in [6.07, 6.45) is -0.639. The summed E-state index contributed by atoms with van der Waals surface area (Å²) in [6, 6.07) is 13.4. The molecular formula is C18H22O3. The minimum atomic E-state index is -0.639. The molecule has 0 spiro atoms. The zero-order valence-corrected chi connectivity index (χ0v) is 12.8. The number of rotatable bonds is 6. The number of aryl methyl sites for hydroxylation is 2. The van der Waals surface area contributed by atoms with Crippen LogP contribution in [0.15, 0.2) is 42.5 Å². The topological polar surface area (TPSA) is 38.7 Å². The van der Waals surface area contributed by atoms with E-state index < -0.39 is 6.10 Å². The Hall–Kier alpha value is -2.00. The molecule has 1 unspecified atom stereocenters. The molecule has 112 valence electrons. The summed E-state index contributed by atoms with van der Waals surface area (Å²) in [7, 11) is 0. The van der Waals surface area contributed by atoms with Gasteiger partial charge in [-0.25, -0.2) is 0 Å². The lowest BCUT2D eigenvalue weighted by atomic mass is 10.0. The minimum absolute atomic E-state index is 0.220. The van der Waals surface area contributed by atoms with Crippen molar-refractivity contribution in [2.75, 3.05) is 13.2 Å². The Bertz CT molecular complexity index is 593. The average Bonchev–Trinajstić information content (AvgIpc) is 2.48. The summed E-state index contributed by atoms with van der Waals surface area (Å²) >= 11 is 0. The fourth-order valence-corrected chi connectivity index (χ4v) is 2.06. The van der Waals surface area contributed by atoms with E-state index in [1.54, 1.807) is 0 Å². The quantitative estimate of drug-likeness (QED) is 0.877. The van der Waals surface area contributed by atoms with Crippen LogP contribution in [-0.2, 0) is 0 Å². The highest BCUT2D eigenvalue weighted by atomic mass is 16.5. The van der Waals surface area contributed by atoms with Crippen LogP contribution < -0.4 is 9.47 Å². The number of hydrogen-bond acceptors (Lipinski definition) is 3. The van der Waals surface area contributed by atoms with Crippen LogP contribution in [0.5, 0.6) is 11.5 Å². The molecule has 2 aromatic carbocycles. The third-order valence-corrected chi connectivity index (χ3v) is 3.44. The monoisotopic (exact) mass is 286 g/mol. The summed E-state index contributed by atoms with van der Waals surface area (Å²) in [6.45, 7) is 6.88. The molecule has 0 aliphatic heterocycles. The van der Waals surface area contributed by atoms with Crippen LogP contribution in [0, 0.1) is 13.8 Å². The van der Waals surface area contributed by atoms with Gasteiger partial charge in [0.25, 0.3) is 0 Å². The van der Waals surface area contributed by atoms with Crippen LogP contribution in [-0.4, -0.2) is 18.3 Å². The van der Waals surface area contributed by atoms with Gasteiger partial charge in [0.15, 0.2) is 0 Å². The summed E-state index contributed by atoms with van der Waals surface area (Å²) < 4.78 is 11.1. The van der Waals surface area contributed by atoms with E-state index in [1.807, 2.05) is 56.3 Å². The lowest BCUT2D eigenvalue weighted by Crippen LogP contribution is -2.10. The van der Waals surface area contributed by atoms with Gasteiger partial charge in [0.1, 0.15) is 24.2 Å². The lowest BCUT2D eigenvalue weighted by Gasteiger charge is -2.14. The van der Waals surface area contributed by atoms with Gasteiger partial charge in [0, 0.05) is 6.07 Å². The molecule has 0 bridgehead atoms. The van der Waals surface area contributed by atoms with Crippen molar-refractivity contribution in [1.82, 2.24) is 0 Å². The van der Waals surface area contributed by atoms with Crippen molar-refractivity contribution in [1.29, 1.82) is 0 Å². The molecule has 2 aromatic rings. The third-order valence-electron chi connectivity index (χ3n) is 3.44. The maximum atomic E-state index is 10.2. The fraction of sp³-hybridized carbons (Fsp3) is 0.333. The smallest absolute Gasteiger partial charge is 0.123 e. The van der Waals surface area contributed by atoms with Gasteiger partial charge in [0.2, 0.25) is 0 Å². The van der Waals surface area contributed by atoms with Crippen molar-refractivity contribution in [3.63, 3.8) is 0 Å². The molecule has 0 saturated carbocycles.